The molecule has 0 heterocycles. The van der Waals surface area contributed by atoms with Crippen LogP contribution in [0.15, 0.2) is 30.3 Å². The normalized spacial score (nSPS) is 11.3. The summed E-state index contributed by atoms with van der Waals surface area (Å²) in [6, 6.07) is 9.06. The van der Waals surface area contributed by atoms with E-state index in [1.807, 2.05) is 12.1 Å². The standard InChI is InChI=1S/C15H18N2O2/c1-15(2,11-18)17(3)14(19)8-7-12-5-4-6-13(9-12)10-16/h4-9,18H,11H2,1-3H3/b8-7+. The van der Waals surface area contributed by atoms with E-state index in [4.69, 9.17) is 5.26 Å². The van der Waals surface area contributed by atoms with Gasteiger partial charge >= 0.3 is 0 Å². The number of carbonyl (C=O) groups excluding carboxylic acids is 1. The van der Waals surface area contributed by atoms with Crippen LogP contribution < -0.4 is 0 Å². The fourth-order valence-electron chi connectivity index (χ4n) is 1.40. The topological polar surface area (TPSA) is 64.3 Å². The molecule has 1 amide bonds. The summed E-state index contributed by atoms with van der Waals surface area (Å²) in [5.74, 6) is -0.193. The molecule has 4 heteroatoms. The fraction of sp³-hybridized carbons (Fsp3) is 0.333. The Kier molecular flexibility index (Phi) is 4.85. The van der Waals surface area contributed by atoms with Crippen molar-refractivity contribution in [2.75, 3.05) is 13.7 Å². The van der Waals surface area contributed by atoms with Crippen LogP contribution in [0.4, 0.5) is 0 Å². The summed E-state index contributed by atoms with van der Waals surface area (Å²) >= 11 is 0. The van der Waals surface area contributed by atoms with Gasteiger partial charge < -0.3 is 10.0 Å². The maximum atomic E-state index is 11.9. The minimum absolute atomic E-state index is 0.104. The highest BCUT2D eigenvalue weighted by Gasteiger charge is 2.25. The first-order valence-electron chi connectivity index (χ1n) is 5.97. The number of nitriles is 1. The summed E-state index contributed by atoms with van der Waals surface area (Å²) in [4.78, 5) is 13.4. The van der Waals surface area contributed by atoms with Gasteiger partial charge in [-0.2, -0.15) is 5.26 Å². The first-order chi connectivity index (χ1) is 8.90. The Balaban J connectivity index is 2.82. The summed E-state index contributed by atoms with van der Waals surface area (Å²) in [5.41, 5.74) is 0.747. The van der Waals surface area contributed by atoms with Gasteiger partial charge in [0, 0.05) is 13.1 Å². The molecule has 1 rings (SSSR count). The molecule has 0 aromatic heterocycles. The van der Waals surface area contributed by atoms with E-state index in [1.165, 1.54) is 11.0 Å². The molecule has 0 saturated carbocycles. The summed E-state index contributed by atoms with van der Waals surface area (Å²) < 4.78 is 0. The van der Waals surface area contributed by atoms with Gasteiger partial charge in [-0.3, -0.25) is 4.79 Å². The van der Waals surface area contributed by atoms with Crippen LogP contribution in [-0.2, 0) is 4.79 Å². The molecule has 0 radical (unpaired) electrons. The number of rotatable bonds is 4. The van der Waals surface area contributed by atoms with Crippen molar-refractivity contribution in [1.29, 1.82) is 5.26 Å². The molecule has 1 N–H and O–H groups in total. The van der Waals surface area contributed by atoms with Gasteiger partial charge in [-0.25, -0.2) is 0 Å². The minimum Gasteiger partial charge on any atom is -0.394 e. The molecule has 0 fully saturated rings. The van der Waals surface area contributed by atoms with Gasteiger partial charge in [-0.1, -0.05) is 12.1 Å². The van der Waals surface area contributed by atoms with E-state index in [2.05, 4.69) is 0 Å². The number of hydrogen-bond donors (Lipinski definition) is 1. The first kappa shape index (κ1) is 14.9. The molecular formula is C15H18N2O2. The molecule has 0 spiro atoms. The number of likely N-dealkylation sites (N-methyl/N-ethyl adjacent to an activating group) is 1. The van der Waals surface area contributed by atoms with Crippen LogP contribution >= 0.6 is 0 Å². The smallest absolute Gasteiger partial charge is 0.246 e. The van der Waals surface area contributed by atoms with Crippen LogP contribution in [0.1, 0.15) is 25.0 Å². The van der Waals surface area contributed by atoms with Crippen LogP contribution in [0.25, 0.3) is 6.08 Å². The van der Waals surface area contributed by atoms with E-state index >= 15 is 0 Å². The number of hydrogen-bond acceptors (Lipinski definition) is 3. The first-order valence-corrected chi connectivity index (χ1v) is 5.97. The number of aliphatic hydroxyl groups excluding tert-OH is 1. The minimum atomic E-state index is -0.601. The number of aliphatic hydroxyl groups is 1. The molecule has 0 aliphatic heterocycles. The maximum absolute atomic E-state index is 11.9. The summed E-state index contributed by atoms with van der Waals surface area (Å²) in [6.45, 7) is 3.47. The highest BCUT2D eigenvalue weighted by Crippen LogP contribution is 2.12. The Bertz CT molecular complexity index is 527. The predicted molar refractivity (Wildman–Crippen MR) is 74.1 cm³/mol. The van der Waals surface area contributed by atoms with Gasteiger partial charge in [-0.05, 0) is 37.6 Å². The number of benzene rings is 1. The number of nitrogens with zero attached hydrogens (tertiary/aromatic N) is 2. The van der Waals surface area contributed by atoms with Gasteiger partial charge in [0.1, 0.15) is 0 Å². The molecule has 4 nitrogen and oxygen atoms in total. The van der Waals surface area contributed by atoms with Crippen LogP contribution in [0.2, 0.25) is 0 Å². The molecule has 0 bridgehead atoms. The van der Waals surface area contributed by atoms with Gasteiger partial charge in [0.05, 0.1) is 23.8 Å². The van der Waals surface area contributed by atoms with Gasteiger partial charge in [0.25, 0.3) is 0 Å². The van der Waals surface area contributed by atoms with Crippen molar-refractivity contribution in [3.05, 3.63) is 41.5 Å². The maximum Gasteiger partial charge on any atom is 0.246 e. The highest BCUT2D eigenvalue weighted by molar-refractivity contribution is 5.92. The summed E-state index contributed by atoms with van der Waals surface area (Å²) in [7, 11) is 1.65. The SMILES string of the molecule is CN(C(=O)/C=C/c1cccc(C#N)c1)C(C)(C)CO. The molecule has 19 heavy (non-hydrogen) atoms. The lowest BCUT2D eigenvalue weighted by atomic mass is 10.0. The average molecular weight is 258 g/mol. The lowest BCUT2D eigenvalue weighted by molar-refractivity contribution is -0.130. The molecule has 0 aliphatic carbocycles. The third kappa shape index (κ3) is 3.94. The lowest BCUT2D eigenvalue weighted by Gasteiger charge is -2.33. The molecule has 0 saturated heterocycles. The third-order valence-corrected chi connectivity index (χ3v) is 3.06. The van der Waals surface area contributed by atoms with Crippen molar-refractivity contribution >= 4 is 12.0 Å². The predicted octanol–water partition coefficient (Wildman–Crippen LogP) is 1.80. The van der Waals surface area contributed by atoms with Crippen molar-refractivity contribution in [3.63, 3.8) is 0 Å². The Hall–Kier alpha value is -2.12. The number of carbonyl (C=O) groups is 1. The average Bonchev–Trinajstić information content (AvgIpc) is 2.44. The molecule has 100 valence electrons. The van der Waals surface area contributed by atoms with Gasteiger partial charge in [0.15, 0.2) is 0 Å². The Morgan fingerprint density at radius 1 is 1.53 bits per heavy atom. The zero-order valence-electron chi connectivity index (χ0n) is 11.4. The van der Waals surface area contributed by atoms with Crippen molar-refractivity contribution in [3.8, 4) is 6.07 Å². The third-order valence-electron chi connectivity index (χ3n) is 3.06. The zero-order chi connectivity index (χ0) is 14.5. The highest BCUT2D eigenvalue weighted by atomic mass is 16.3. The molecular weight excluding hydrogens is 240 g/mol. The van der Waals surface area contributed by atoms with E-state index in [1.54, 1.807) is 45.2 Å². The Morgan fingerprint density at radius 3 is 2.79 bits per heavy atom. The van der Waals surface area contributed by atoms with Crippen LogP contribution in [-0.4, -0.2) is 35.1 Å². The summed E-state index contributed by atoms with van der Waals surface area (Å²) in [6.07, 6.45) is 3.10. The largest absolute Gasteiger partial charge is 0.394 e. The lowest BCUT2D eigenvalue weighted by Crippen LogP contribution is -2.47. The van der Waals surface area contributed by atoms with Crippen molar-refractivity contribution < 1.29 is 9.90 Å². The fourth-order valence-corrected chi connectivity index (χ4v) is 1.40. The van der Waals surface area contributed by atoms with E-state index in [0.717, 1.165) is 5.56 Å². The summed E-state index contributed by atoms with van der Waals surface area (Å²) in [5, 5.41) is 18.0. The molecule has 0 unspecified atom stereocenters. The second-order valence-electron chi connectivity index (χ2n) is 4.94. The van der Waals surface area contributed by atoms with E-state index in [0.29, 0.717) is 5.56 Å². The van der Waals surface area contributed by atoms with Crippen LogP contribution in [0.3, 0.4) is 0 Å². The second kappa shape index (κ2) is 6.17. The quantitative estimate of drug-likeness (QED) is 0.837. The molecule has 0 aliphatic rings. The Morgan fingerprint density at radius 2 is 2.21 bits per heavy atom. The van der Waals surface area contributed by atoms with Crippen LogP contribution in [0.5, 0.6) is 0 Å². The molecule has 0 atom stereocenters. The molecule has 1 aromatic carbocycles. The van der Waals surface area contributed by atoms with Crippen molar-refractivity contribution in [2.45, 2.75) is 19.4 Å². The van der Waals surface area contributed by atoms with Crippen LogP contribution in [0, 0.1) is 11.3 Å². The van der Waals surface area contributed by atoms with Gasteiger partial charge in [0.2, 0.25) is 5.91 Å². The van der Waals surface area contributed by atoms with E-state index in [9.17, 15) is 9.90 Å². The van der Waals surface area contributed by atoms with Crippen molar-refractivity contribution in [1.82, 2.24) is 4.90 Å². The Labute approximate surface area is 113 Å². The van der Waals surface area contributed by atoms with E-state index < -0.39 is 5.54 Å². The monoisotopic (exact) mass is 258 g/mol. The second-order valence-corrected chi connectivity index (χ2v) is 4.94. The zero-order valence-corrected chi connectivity index (χ0v) is 11.4. The van der Waals surface area contributed by atoms with E-state index in [-0.39, 0.29) is 12.5 Å². The molecule has 1 aromatic rings. The van der Waals surface area contributed by atoms with Crippen molar-refractivity contribution in [2.24, 2.45) is 0 Å². The van der Waals surface area contributed by atoms with Gasteiger partial charge in [-0.15, -0.1) is 0 Å². The number of amides is 1.